The number of benzene rings is 3. The van der Waals surface area contributed by atoms with E-state index in [-0.39, 0.29) is 40.9 Å². The first-order valence-corrected chi connectivity index (χ1v) is 24.2. The molecule has 0 aliphatic heterocycles. The molecule has 1 aliphatic carbocycles. The van der Waals surface area contributed by atoms with E-state index in [4.69, 9.17) is 0 Å². The molecule has 42 heavy (non-hydrogen) atoms. The monoisotopic (exact) mass is 704 g/mol. The van der Waals surface area contributed by atoms with Gasteiger partial charge in [-0.1, -0.05) is 0 Å². The van der Waals surface area contributed by atoms with E-state index in [1.165, 1.54) is 33.9 Å². The predicted molar refractivity (Wildman–Crippen MR) is 180 cm³/mol. The van der Waals surface area contributed by atoms with Gasteiger partial charge in [0, 0.05) is 0 Å². The Kier molecular flexibility index (Phi) is 13.7. The van der Waals surface area contributed by atoms with Gasteiger partial charge in [-0.25, -0.2) is 0 Å². The van der Waals surface area contributed by atoms with Gasteiger partial charge in [0.25, 0.3) is 0 Å². The van der Waals surface area contributed by atoms with Crippen molar-refractivity contribution in [3.8, 4) is 0 Å². The van der Waals surface area contributed by atoms with Crippen molar-refractivity contribution in [3.63, 3.8) is 0 Å². The Morgan fingerprint density at radius 1 is 0.595 bits per heavy atom. The second-order valence-corrected chi connectivity index (χ2v) is 28.4. The predicted octanol–water partition coefficient (Wildman–Crippen LogP) is -1.72. The summed E-state index contributed by atoms with van der Waals surface area (Å²) in [7, 11) is -4.22. The van der Waals surface area contributed by atoms with Crippen molar-refractivity contribution in [2.45, 2.75) is 83.7 Å². The molecular weight excluding hydrogens is 659 g/mol. The molecule has 7 heteroatoms. The summed E-state index contributed by atoms with van der Waals surface area (Å²) in [4.78, 5) is 0. The largest absolute Gasteiger partial charge is 1.00 e. The Morgan fingerprint density at radius 3 is 1.33 bits per heavy atom. The Hall–Kier alpha value is -0.625. The van der Waals surface area contributed by atoms with Crippen molar-refractivity contribution >= 4 is 51.3 Å². The molecule has 0 aromatic heterocycles. The van der Waals surface area contributed by atoms with Crippen LogP contribution in [0.1, 0.15) is 37.5 Å². The molecule has 0 bridgehead atoms. The third kappa shape index (κ3) is 8.14. The van der Waals surface area contributed by atoms with Gasteiger partial charge in [0.1, 0.15) is 0 Å². The van der Waals surface area contributed by atoms with E-state index in [9.17, 15) is 0 Å². The van der Waals surface area contributed by atoms with Gasteiger partial charge < -0.3 is 37.2 Å². The quantitative estimate of drug-likeness (QED) is 0.257. The van der Waals surface area contributed by atoms with E-state index in [1.54, 1.807) is 31.9 Å². The van der Waals surface area contributed by atoms with E-state index >= 15 is 0 Å². The summed E-state index contributed by atoms with van der Waals surface area (Å²) in [5.74, 6) is 0. The second kappa shape index (κ2) is 14.6. The number of allylic oxidation sites excluding steroid dienone is 4. The second-order valence-electron chi connectivity index (χ2n) is 14.0. The SMILES string of the molecule is CC1=C(C)[C]([Ti+3])(C[SiH](c2ccc([Si](C)(C)C)cc2)c2ccc([Si](C)(C)C)cc2)C(c2cc(C)cc(C)c2)=C1C.[Cl-].[Cl-].[Cl-]. The molecular formula is C35H47Cl3Si3Ti. The van der Waals surface area contributed by atoms with Crippen LogP contribution in [0.3, 0.4) is 0 Å². The molecule has 0 N–H and O–H groups in total. The number of rotatable bonds is 7. The smallest absolute Gasteiger partial charge is 1.00 e. The summed E-state index contributed by atoms with van der Waals surface area (Å²) in [6.07, 6.45) is 0. The molecule has 1 atom stereocenters. The van der Waals surface area contributed by atoms with Crippen molar-refractivity contribution in [2.24, 2.45) is 0 Å². The molecule has 0 saturated carbocycles. The van der Waals surface area contributed by atoms with Crippen molar-refractivity contribution < 1.29 is 57.7 Å². The molecule has 224 valence electrons. The average Bonchev–Trinajstić information content (AvgIpc) is 3.01. The molecule has 3 aromatic rings. The number of aryl methyl sites for hydroxylation is 2. The average molecular weight is 706 g/mol. The Labute approximate surface area is 290 Å². The van der Waals surface area contributed by atoms with E-state index in [0.717, 1.165) is 0 Å². The molecule has 0 amide bonds. The van der Waals surface area contributed by atoms with E-state index in [1.807, 2.05) is 0 Å². The fourth-order valence-electron chi connectivity index (χ4n) is 6.30. The zero-order valence-electron chi connectivity index (χ0n) is 27.3. The zero-order chi connectivity index (χ0) is 28.9. The molecule has 1 unspecified atom stereocenters. The van der Waals surface area contributed by atoms with Gasteiger partial charge >= 0.3 is 256 Å². The first kappa shape index (κ1) is 39.4. The van der Waals surface area contributed by atoms with Crippen LogP contribution in [-0.4, -0.2) is 24.9 Å². The first-order valence-electron chi connectivity index (χ1n) is 14.5. The van der Waals surface area contributed by atoms with Gasteiger partial charge in [0.05, 0.1) is 0 Å². The molecule has 0 fully saturated rings. The van der Waals surface area contributed by atoms with Crippen molar-refractivity contribution in [3.05, 3.63) is 100 Å². The molecule has 0 spiro atoms. The number of halogens is 3. The summed E-state index contributed by atoms with van der Waals surface area (Å²) in [6.45, 7) is 26.3. The molecule has 1 aliphatic rings. The fraction of sp³-hybridized carbons (Fsp3) is 0.371. The maximum absolute atomic E-state index is 2.54. The van der Waals surface area contributed by atoms with Crippen LogP contribution >= 0.6 is 0 Å². The maximum atomic E-state index is 2.54. The summed E-state index contributed by atoms with van der Waals surface area (Å²) < 4.78 is 0.0280. The van der Waals surface area contributed by atoms with Gasteiger partial charge in [-0.3, -0.25) is 0 Å². The van der Waals surface area contributed by atoms with Crippen molar-refractivity contribution in [1.82, 2.24) is 0 Å². The van der Waals surface area contributed by atoms with Crippen LogP contribution < -0.4 is 58.0 Å². The molecule has 3 aromatic carbocycles. The van der Waals surface area contributed by atoms with Crippen LogP contribution in [0.5, 0.6) is 0 Å². The normalized spacial score (nSPS) is 17.2. The van der Waals surface area contributed by atoms with Crippen molar-refractivity contribution in [1.29, 1.82) is 0 Å². The summed E-state index contributed by atoms with van der Waals surface area (Å²) in [5.41, 5.74) is 10.2. The van der Waals surface area contributed by atoms with Crippen LogP contribution in [0, 0.1) is 13.8 Å². The summed E-state index contributed by atoms with van der Waals surface area (Å²) in [6, 6.07) is 28.1. The van der Waals surface area contributed by atoms with Crippen LogP contribution in [0.15, 0.2) is 83.4 Å². The Balaban J connectivity index is 0.00000294. The minimum absolute atomic E-state index is 0. The van der Waals surface area contributed by atoms with Gasteiger partial charge in [-0.15, -0.1) is 0 Å². The third-order valence-corrected chi connectivity index (χ3v) is 18.4. The fourth-order valence-corrected chi connectivity index (χ4v) is 13.7. The first-order chi connectivity index (χ1) is 18.0. The van der Waals surface area contributed by atoms with Crippen LogP contribution in [0.25, 0.3) is 5.57 Å². The van der Waals surface area contributed by atoms with Crippen molar-refractivity contribution in [2.75, 3.05) is 0 Å². The summed E-state index contributed by atoms with van der Waals surface area (Å²) >= 11 is 2.54. The van der Waals surface area contributed by atoms with Gasteiger partial charge in [0.2, 0.25) is 0 Å². The Bertz CT molecular complexity index is 1370. The standard InChI is InChI=1S/C35H47Si3.3ClH.Ti/c1-24-20-25(2)22-29(21-24)35-28(5)26(3)27(4)34(35)23-36(30-12-16-32(17-13-30)37(6,7)8)31-14-18-33(19-15-31)38(9,10)11;;;;/h12-22,36H,23H2,1-11H3;3*1H;/q;;;;+3/p-3. The van der Waals surface area contributed by atoms with Crippen LogP contribution in [-0.2, 0) is 20.4 Å². The van der Waals surface area contributed by atoms with Gasteiger partial charge in [-0.05, 0) is 0 Å². The van der Waals surface area contributed by atoms with Gasteiger partial charge in [-0.2, -0.15) is 0 Å². The number of hydrogen-bond donors (Lipinski definition) is 0. The maximum Gasteiger partial charge on any atom is -1.00 e. The number of hydrogen-bond acceptors (Lipinski definition) is 0. The molecule has 0 radical (unpaired) electrons. The molecule has 4 rings (SSSR count). The third-order valence-electron chi connectivity index (χ3n) is 8.95. The topological polar surface area (TPSA) is 0 Å². The van der Waals surface area contributed by atoms with E-state index < -0.39 is 24.9 Å². The zero-order valence-corrected chi connectivity index (χ0v) is 34.3. The Morgan fingerprint density at radius 2 is 0.976 bits per heavy atom. The molecule has 0 saturated heterocycles. The molecule has 0 nitrogen and oxygen atoms in total. The van der Waals surface area contributed by atoms with Crippen LogP contribution in [0.2, 0.25) is 49.0 Å². The minimum atomic E-state index is -1.54. The van der Waals surface area contributed by atoms with Gasteiger partial charge in [0.15, 0.2) is 0 Å². The van der Waals surface area contributed by atoms with E-state index in [0.29, 0.717) is 0 Å². The summed E-state index contributed by atoms with van der Waals surface area (Å²) in [5, 5.41) is 6.26. The van der Waals surface area contributed by atoms with Crippen LogP contribution in [0.4, 0.5) is 0 Å². The minimum Gasteiger partial charge on any atom is -1.00 e. The van der Waals surface area contributed by atoms with E-state index in [2.05, 4.69) is 161 Å². The molecule has 0 heterocycles.